The molecule has 1 aromatic rings. The van der Waals surface area contributed by atoms with Crippen LogP contribution < -0.4 is 5.32 Å². The van der Waals surface area contributed by atoms with Gasteiger partial charge in [-0.05, 0) is 32.6 Å². The third-order valence-corrected chi connectivity index (χ3v) is 4.96. The lowest BCUT2D eigenvalue weighted by atomic mass is 9.83. The monoisotopic (exact) mass is 319 g/mol. The number of carbonyl (C=O) groups is 2. The van der Waals surface area contributed by atoms with Crippen LogP contribution in [0.4, 0.5) is 5.82 Å². The first-order valence-electron chi connectivity index (χ1n) is 8.67. The molecular formula is C17H25N3O3. The molecule has 2 fully saturated rings. The van der Waals surface area contributed by atoms with Crippen LogP contribution in [0.1, 0.15) is 57.1 Å². The van der Waals surface area contributed by atoms with Crippen molar-refractivity contribution in [2.45, 2.75) is 64.3 Å². The van der Waals surface area contributed by atoms with E-state index < -0.39 is 0 Å². The summed E-state index contributed by atoms with van der Waals surface area (Å²) < 4.78 is 4.95. The van der Waals surface area contributed by atoms with Crippen molar-refractivity contribution in [2.24, 2.45) is 5.92 Å². The highest BCUT2D eigenvalue weighted by molar-refractivity contribution is 5.94. The zero-order valence-corrected chi connectivity index (χ0v) is 13.7. The van der Waals surface area contributed by atoms with Gasteiger partial charge in [-0.1, -0.05) is 30.8 Å². The molecule has 3 rings (SSSR count). The first-order valence-corrected chi connectivity index (χ1v) is 8.67. The minimum Gasteiger partial charge on any atom is -0.360 e. The van der Waals surface area contributed by atoms with Crippen LogP contribution in [0.3, 0.4) is 0 Å². The fourth-order valence-corrected chi connectivity index (χ4v) is 3.43. The van der Waals surface area contributed by atoms with Crippen LogP contribution in [0.2, 0.25) is 0 Å². The summed E-state index contributed by atoms with van der Waals surface area (Å²) in [6.07, 6.45) is 8.58. The van der Waals surface area contributed by atoms with Crippen LogP contribution in [0, 0.1) is 12.8 Å². The van der Waals surface area contributed by atoms with Gasteiger partial charge < -0.3 is 14.7 Å². The summed E-state index contributed by atoms with van der Waals surface area (Å²) in [5.74, 6) is 1.15. The Morgan fingerprint density at radius 3 is 2.52 bits per heavy atom. The molecule has 0 aliphatic heterocycles. The summed E-state index contributed by atoms with van der Waals surface area (Å²) in [5, 5.41) is 6.50. The number of hydrogen-bond acceptors (Lipinski definition) is 4. The van der Waals surface area contributed by atoms with E-state index in [0.717, 1.165) is 44.9 Å². The van der Waals surface area contributed by atoms with Crippen molar-refractivity contribution in [1.82, 2.24) is 10.1 Å². The first kappa shape index (κ1) is 16.0. The number of anilines is 1. The molecule has 0 atom stereocenters. The van der Waals surface area contributed by atoms with Gasteiger partial charge in [-0.25, -0.2) is 0 Å². The molecule has 6 heteroatoms. The largest absolute Gasteiger partial charge is 0.360 e. The maximum absolute atomic E-state index is 12.7. The quantitative estimate of drug-likeness (QED) is 0.905. The molecule has 0 unspecified atom stereocenters. The molecule has 0 radical (unpaired) electrons. The van der Waals surface area contributed by atoms with Gasteiger partial charge in [0, 0.05) is 18.0 Å². The van der Waals surface area contributed by atoms with E-state index in [2.05, 4.69) is 10.5 Å². The molecule has 0 spiro atoms. The second kappa shape index (κ2) is 7.15. The predicted octanol–water partition coefficient (Wildman–Crippen LogP) is 2.88. The van der Waals surface area contributed by atoms with Gasteiger partial charge >= 0.3 is 0 Å². The summed E-state index contributed by atoms with van der Waals surface area (Å²) >= 11 is 0. The van der Waals surface area contributed by atoms with E-state index in [9.17, 15) is 9.59 Å². The molecule has 2 saturated carbocycles. The summed E-state index contributed by atoms with van der Waals surface area (Å²) in [7, 11) is 0. The van der Waals surface area contributed by atoms with Crippen molar-refractivity contribution < 1.29 is 14.1 Å². The van der Waals surface area contributed by atoms with Crippen molar-refractivity contribution in [3.63, 3.8) is 0 Å². The fraction of sp³-hybridized carbons (Fsp3) is 0.706. The van der Waals surface area contributed by atoms with Crippen LogP contribution in [0.5, 0.6) is 0 Å². The number of aryl methyl sites for hydroxylation is 1. The molecule has 126 valence electrons. The van der Waals surface area contributed by atoms with Crippen LogP contribution in [-0.2, 0) is 9.59 Å². The highest BCUT2D eigenvalue weighted by Crippen LogP contribution is 2.31. The SMILES string of the molecule is Cc1cc(NC(=O)CN(C(=O)C2CCC2)C2CCCCC2)no1. The molecule has 23 heavy (non-hydrogen) atoms. The van der Waals surface area contributed by atoms with Crippen molar-refractivity contribution in [2.75, 3.05) is 11.9 Å². The summed E-state index contributed by atoms with van der Waals surface area (Å²) in [4.78, 5) is 26.9. The third-order valence-electron chi connectivity index (χ3n) is 4.96. The van der Waals surface area contributed by atoms with Gasteiger partial charge in [0.2, 0.25) is 11.8 Å². The Morgan fingerprint density at radius 2 is 1.96 bits per heavy atom. The maximum atomic E-state index is 12.7. The lowest BCUT2D eigenvalue weighted by Gasteiger charge is -2.38. The van der Waals surface area contributed by atoms with Gasteiger partial charge in [-0.3, -0.25) is 9.59 Å². The minimum atomic E-state index is -0.198. The molecule has 1 heterocycles. The van der Waals surface area contributed by atoms with Gasteiger partial charge in [0.25, 0.3) is 0 Å². The molecule has 6 nitrogen and oxygen atoms in total. The Balaban J connectivity index is 1.64. The summed E-state index contributed by atoms with van der Waals surface area (Å²) in [5.41, 5.74) is 0. The second-order valence-electron chi connectivity index (χ2n) is 6.76. The number of nitrogens with zero attached hydrogens (tertiary/aromatic N) is 2. The Morgan fingerprint density at radius 1 is 1.22 bits per heavy atom. The number of nitrogens with one attached hydrogen (secondary N) is 1. The van der Waals surface area contributed by atoms with E-state index in [0.29, 0.717) is 11.6 Å². The standard InChI is InChI=1S/C17H25N3O3/c1-12-10-15(19-23-12)18-16(21)11-20(14-8-3-2-4-9-14)17(22)13-6-5-7-13/h10,13-14H,2-9,11H2,1H3,(H,18,19,21). The number of aromatic nitrogens is 1. The zero-order chi connectivity index (χ0) is 16.2. The zero-order valence-electron chi connectivity index (χ0n) is 13.7. The molecule has 2 amide bonds. The highest BCUT2D eigenvalue weighted by Gasteiger charge is 2.34. The molecule has 2 aliphatic carbocycles. The molecule has 0 saturated heterocycles. The molecule has 1 N–H and O–H groups in total. The van der Waals surface area contributed by atoms with Crippen molar-refractivity contribution >= 4 is 17.6 Å². The Hall–Kier alpha value is -1.85. The van der Waals surface area contributed by atoms with Crippen LogP contribution >= 0.6 is 0 Å². The number of hydrogen-bond donors (Lipinski definition) is 1. The van der Waals surface area contributed by atoms with Crippen molar-refractivity contribution in [1.29, 1.82) is 0 Å². The Kier molecular flexibility index (Phi) is 4.98. The number of rotatable bonds is 5. The van der Waals surface area contributed by atoms with Crippen molar-refractivity contribution in [3.8, 4) is 0 Å². The van der Waals surface area contributed by atoms with Crippen LogP contribution in [0.25, 0.3) is 0 Å². The van der Waals surface area contributed by atoms with E-state index >= 15 is 0 Å². The normalized spacial score (nSPS) is 19.2. The van der Waals surface area contributed by atoms with Crippen LogP contribution in [0.15, 0.2) is 10.6 Å². The smallest absolute Gasteiger partial charge is 0.245 e. The topological polar surface area (TPSA) is 75.4 Å². The van der Waals surface area contributed by atoms with Gasteiger partial charge in [-0.15, -0.1) is 0 Å². The number of carbonyl (C=O) groups excluding carboxylic acids is 2. The molecule has 0 aromatic carbocycles. The maximum Gasteiger partial charge on any atom is 0.245 e. The molecule has 1 aromatic heterocycles. The Labute approximate surface area is 136 Å². The Bertz CT molecular complexity index is 559. The van der Waals surface area contributed by atoms with E-state index in [1.807, 2.05) is 4.90 Å². The molecule has 0 bridgehead atoms. The van der Waals surface area contributed by atoms with E-state index in [-0.39, 0.29) is 30.3 Å². The average molecular weight is 319 g/mol. The van der Waals surface area contributed by atoms with E-state index in [1.165, 1.54) is 6.42 Å². The summed E-state index contributed by atoms with van der Waals surface area (Å²) in [6, 6.07) is 1.89. The van der Waals surface area contributed by atoms with Gasteiger partial charge in [0.1, 0.15) is 12.3 Å². The minimum absolute atomic E-state index is 0.117. The lowest BCUT2D eigenvalue weighted by molar-refractivity contribution is -0.143. The highest BCUT2D eigenvalue weighted by atomic mass is 16.5. The van der Waals surface area contributed by atoms with E-state index in [1.54, 1.807) is 13.0 Å². The second-order valence-corrected chi connectivity index (χ2v) is 6.76. The van der Waals surface area contributed by atoms with E-state index in [4.69, 9.17) is 4.52 Å². The molecule has 2 aliphatic rings. The average Bonchev–Trinajstić information content (AvgIpc) is 2.89. The number of amides is 2. The van der Waals surface area contributed by atoms with Crippen molar-refractivity contribution in [3.05, 3.63) is 11.8 Å². The predicted molar refractivity (Wildman–Crippen MR) is 85.8 cm³/mol. The first-order chi connectivity index (χ1) is 11.1. The van der Waals surface area contributed by atoms with Gasteiger partial charge in [0.15, 0.2) is 5.82 Å². The van der Waals surface area contributed by atoms with Crippen LogP contribution in [-0.4, -0.2) is 34.5 Å². The summed E-state index contributed by atoms with van der Waals surface area (Å²) in [6.45, 7) is 1.89. The van der Waals surface area contributed by atoms with Gasteiger partial charge in [-0.2, -0.15) is 0 Å². The van der Waals surface area contributed by atoms with Gasteiger partial charge in [0.05, 0.1) is 0 Å². The molecular weight excluding hydrogens is 294 g/mol. The lowest BCUT2D eigenvalue weighted by Crippen LogP contribution is -2.49. The fourth-order valence-electron chi connectivity index (χ4n) is 3.43. The third kappa shape index (κ3) is 3.92.